The third-order valence-electron chi connectivity index (χ3n) is 6.70. The molecule has 2 aromatic carbocycles. The molecule has 0 amide bonds. The van der Waals surface area contributed by atoms with Gasteiger partial charge in [-0.3, -0.25) is 4.98 Å². The number of rotatable bonds is 7. The lowest BCUT2D eigenvalue weighted by Gasteiger charge is -2.28. The van der Waals surface area contributed by atoms with Gasteiger partial charge >= 0.3 is 0 Å². The van der Waals surface area contributed by atoms with Crippen LogP contribution in [0.25, 0.3) is 11.3 Å². The third kappa shape index (κ3) is 4.72. The van der Waals surface area contributed by atoms with E-state index in [9.17, 15) is 21.2 Å². The van der Waals surface area contributed by atoms with E-state index in [0.29, 0.717) is 5.56 Å². The van der Waals surface area contributed by atoms with Crippen molar-refractivity contribution in [1.82, 2.24) is 13.3 Å². The van der Waals surface area contributed by atoms with E-state index in [2.05, 4.69) is 4.98 Å². The van der Waals surface area contributed by atoms with Crippen molar-refractivity contribution in [3.63, 3.8) is 0 Å². The second kappa shape index (κ2) is 9.97. The number of hydrogen-bond acceptors (Lipinski definition) is 6. The molecule has 1 aliphatic heterocycles. The van der Waals surface area contributed by atoms with Crippen molar-refractivity contribution < 1.29 is 21.2 Å². The number of nitrogens with zero attached hydrogens (tertiary/aromatic N) is 4. The average Bonchev–Trinajstić information content (AvgIpc) is 3.34. The minimum Gasteiger partial charge on any atom is -0.374 e. The molecule has 1 aliphatic rings. The Labute approximate surface area is 222 Å². The molecule has 4 aromatic rings. The van der Waals surface area contributed by atoms with Gasteiger partial charge in [0.25, 0.3) is 10.0 Å². The minimum absolute atomic E-state index is 0.0705. The molecule has 0 N–H and O–H groups in total. The Morgan fingerprint density at radius 3 is 2.53 bits per heavy atom. The summed E-state index contributed by atoms with van der Waals surface area (Å²) < 4.78 is 70.8. The van der Waals surface area contributed by atoms with Gasteiger partial charge in [-0.2, -0.15) is 4.31 Å². The number of hydrogen-bond donors (Lipinski definition) is 0. The van der Waals surface area contributed by atoms with E-state index in [1.807, 2.05) is 18.0 Å². The van der Waals surface area contributed by atoms with E-state index in [1.165, 1.54) is 66.3 Å². The summed E-state index contributed by atoms with van der Waals surface area (Å²) in [4.78, 5) is 6.03. The highest BCUT2D eigenvalue weighted by Crippen LogP contribution is 2.32. The molecule has 5 rings (SSSR count). The van der Waals surface area contributed by atoms with Gasteiger partial charge in [-0.1, -0.05) is 18.2 Å². The molecule has 11 heteroatoms. The number of anilines is 1. The monoisotopic (exact) mass is 554 g/mol. The number of halogens is 1. The molecule has 0 aliphatic carbocycles. The van der Waals surface area contributed by atoms with Crippen molar-refractivity contribution in [3.05, 3.63) is 96.2 Å². The summed E-state index contributed by atoms with van der Waals surface area (Å²) in [5, 5.41) is 0. The number of fused-ring (bicyclic) bond motifs is 1. The average molecular weight is 555 g/mol. The third-order valence-corrected chi connectivity index (χ3v) is 10.2. The van der Waals surface area contributed by atoms with E-state index in [1.54, 1.807) is 18.2 Å². The van der Waals surface area contributed by atoms with Crippen LogP contribution in [0.4, 0.5) is 10.1 Å². The number of sulfonamides is 1. The van der Waals surface area contributed by atoms with Crippen LogP contribution in [0.3, 0.4) is 0 Å². The fraction of sp³-hybridized carbons (Fsp3) is 0.222. The maximum atomic E-state index is 14.8. The van der Waals surface area contributed by atoms with Crippen LogP contribution in [0.5, 0.6) is 0 Å². The first-order valence-corrected chi connectivity index (χ1v) is 14.9. The zero-order valence-corrected chi connectivity index (χ0v) is 22.6. The quantitative estimate of drug-likeness (QED) is 0.341. The van der Waals surface area contributed by atoms with E-state index in [0.717, 1.165) is 34.6 Å². The Balaban J connectivity index is 1.53. The Kier molecular flexibility index (Phi) is 6.84. The van der Waals surface area contributed by atoms with Crippen LogP contribution in [0.1, 0.15) is 17.5 Å². The molecule has 0 radical (unpaired) electrons. The van der Waals surface area contributed by atoms with Gasteiger partial charge in [0.2, 0.25) is 10.0 Å². The van der Waals surface area contributed by atoms with Crippen molar-refractivity contribution in [3.8, 4) is 11.3 Å². The van der Waals surface area contributed by atoms with Gasteiger partial charge in [0, 0.05) is 57.0 Å². The van der Waals surface area contributed by atoms with Crippen LogP contribution < -0.4 is 4.90 Å². The number of benzene rings is 2. The largest absolute Gasteiger partial charge is 0.374 e. The number of pyridine rings is 1. The van der Waals surface area contributed by atoms with Gasteiger partial charge in [0.05, 0.1) is 10.6 Å². The highest BCUT2D eigenvalue weighted by atomic mass is 32.2. The Hall–Kier alpha value is -3.54. The van der Waals surface area contributed by atoms with E-state index in [4.69, 9.17) is 0 Å². The fourth-order valence-electron chi connectivity index (χ4n) is 4.68. The van der Waals surface area contributed by atoms with Crippen molar-refractivity contribution in [2.24, 2.45) is 0 Å². The van der Waals surface area contributed by atoms with Gasteiger partial charge in [0.1, 0.15) is 10.7 Å². The first-order chi connectivity index (χ1) is 18.1. The van der Waals surface area contributed by atoms with Crippen LogP contribution in [0.2, 0.25) is 0 Å². The molecule has 0 saturated carbocycles. The van der Waals surface area contributed by atoms with Crippen LogP contribution in [-0.4, -0.2) is 50.7 Å². The molecular formula is C27H27FN4O4S2. The summed E-state index contributed by atoms with van der Waals surface area (Å²) >= 11 is 0. The molecule has 0 bridgehead atoms. The normalized spacial score (nSPS) is 14.1. The predicted molar refractivity (Wildman–Crippen MR) is 143 cm³/mol. The van der Waals surface area contributed by atoms with E-state index < -0.39 is 25.9 Å². The van der Waals surface area contributed by atoms with E-state index >= 15 is 0 Å². The Morgan fingerprint density at radius 1 is 1.00 bits per heavy atom. The summed E-state index contributed by atoms with van der Waals surface area (Å²) in [5.41, 5.74) is 2.54. The van der Waals surface area contributed by atoms with Crippen molar-refractivity contribution in [2.45, 2.75) is 29.2 Å². The topological polar surface area (TPSA) is 92.6 Å². The summed E-state index contributed by atoms with van der Waals surface area (Å²) in [7, 11) is -4.66. The molecule has 0 fully saturated rings. The summed E-state index contributed by atoms with van der Waals surface area (Å²) in [6.45, 7) is 0.732. The van der Waals surface area contributed by atoms with Crippen LogP contribution in [-0.2, 0) is 33.0 Å². The summed E-state index contributed by atoms with van der Waals surface area (Å²) in [6.07, 6.45) is 5.91. The molecule has 0 spiro atoms. The SMILES string of the molecule is CN1CCCc2ccc(S(=O)(=O)N(C)Cc3cc(-c4ccccc4F)n(S(=O)(=O)c4cccnc4)c3)cc21. The molecule has 3 heterocycles. The lowest BCUT2D eigenvalue weighted by atomic mass is 10.0. The van der Waals surface area contributed by atoms with Crippen LogP contribution in [0, 0.1) is 5.82 Å². The second-order valence-corrected chi connectivity index (χ2v) is 13.1. The maximum Gasteiger partial charge on any atom is 0.269 e. The fourth-order valence-corrected chi connectivity index (χ4v) is 7.22. The first kappa shape index (κ1) is 26.1. The van der Waals surface area contributed by atoms with Crippen molar-refractivity contribution in [2.75, 3.05) is 25.5 Å². The predicted octanol–water partition coefficient (Wildman–Crippen LogP) is 4.13. The van der Waals surface area contributed by atoms with Crippen molar-refractivity contribution >= 4 is 25.7 Å². The molecule has 38 heavy (non-hydrogen) atoms. The molecule has 198 valence electrons. The maximum absolute atomic E-state index is 14.8. The Morgan fingerprint density at radius 2 is 1.79 bits per heavy atom. The van der Waals surface area contributed by atoms with Gasteiger partial charge in [-0.05, 0) is 66.4 Å². The standard InChI is InChI=1S/C27H27FN4O4S2/c1-30-14-6-7-21-11-12-22(16-26(21)30)37(33,34)31(2)18-20-15-27(24-9-3-4-10-25(24)28)32(19-20)38(35,36)23-8-5-13-29-17-23/h3-5,8-13,15-17,19H,6-7,14,18H2,1-2H3. The summed E-state index contributed by atoms with van der Waals surface area (Å²) in [5.74, 6) is -0.598. The number of aryl methyl sites for hydroxylation is 1. The zero-order chi connectivity index (χ0) is 27.1. The smallest absolute Gasteiger partial charge is 0.269 e. The van der Waals surface area contributed by atoms with E-state index in [-0.39, 0.29) is 27.6 Å². The molecule has 8 nitrogen and oxygen atoms in total. The first-order valence-electron chi connectivity index (χ1n) is 12.0. The van der Waals surface area contributed by atoms with Crippen LogP contribution in [0.15, 0.2) is 89.0 Å². The number of aromatic nitrogens is 2. The minimum atomic E-state index is -4.14. The molecule has 2 aromatic heterocycles. The lowest BCUT2D eigenvalue weighted by Crippen LogP contribution is -2.28. The van der Waals surface area contributed by atoms with Gasteiger partial charge in [0.15, 0.2) is 0 Å². The van der Waals surface area contributed by atoms with Gasteiger partial charge < -0.3 is 4.90 Å². The molecule has 0 saturated heterocycles. The second-order valence-electron chi connectivity index (χ2n) is 9.28. The van der Waals surface area contributed by atoms with Crippen molar-refractivity contribution in [1.29, 1.82) is 0 Å². The molecular weight excluding hydrogens is 527 g/mol. The lowest BCUT2D eigenvalue weighted by molar-refractivity contribution is 0.467. The van der Waals surface area contributed by atoms with Crippen LogP contribution >= 0.6 is 0 Å². The highest BCUT2D eigenvalue weighted by molar-refractivity contribution is 7.90. The molecule has 0 atom stereocenters. The van der Waals surface area contributed by atoms with Gasteiger partial charge in [-0.15, -0.1) is 0 Å². The summed E-state index contributed by atoms with van der Waals surface area (Å²) in [6, 6.07) is 15.4. The zero-order valence-electron chi connectivity index (χ0n) is 21.0. The Bertz CT molecular complexity index is 1700. The molecule has 0 unspecified atom stereocenters. The highest BCUT2D eigenvalue weighted by Gasteiger charge is 2.27. The van der Waals surface area contributed by atoms with Gasteiger partial charge in [-0.25, -0.2) is 25.2 Å².